The molecule has 6 rings (SSSR count). The van der Waals surface area contributed by atoms with Gasteiger partial charge in [-0.3, -0.25) is 0 Å². The lowest BCUT2D eigenvalue weighted by Gasteiger charge is -2.32. The van der Waals surface area contributed by atoms with Crippen molar-refractivity contribution in [1.82, 2.24) is 19.4 Å². The third-order valence-corrected chi connectivity index (χ3v) is 7.81. The number of nitrogens with zero attached hydrogens (tertiary/aromatic N) is 4. The van der Waals surface area contributed by atoms with Crippen LogP contribution in [0.1, 0.15) is 63.8 Å². The Morgan fingerprint density at radius 3 is 2.72 bits per heavy atom. The van der Waals surface area contributed by atoms with Gasteiger partial charge >= 0.3 is 6.09 Å². The van der Waals surface area contributed by atoms with Crippen molar-refractivity contribution in [1.29, 1.82) is 0 Å². The minimum atomic E-state index is -3.04. The highest BCUT2D eigenvalue weighted by Gasteiger charge is 2.51. The summed E-state index contributed by atoms with van der Waals surface area (Å²) in [5, 5.41) is 0.697. The first-order valence-corrected chi connectivity index (χ1v) is 14.1. The first-order valence-electron chi connectivity index (χ1n) is 14.1. The lowest BCUT2D eigenvalue weighted by atomic mass is 9.95. The number of alkyl halides is 2. The lowest BCUT2D eigenvalue weighted by molar-refractivity contribution is -0.148. The monoisotopic (exact) mass is 601 g/mol. The Hall–Kier alpha value is -3.84. The molecule has 10 nitrogen and oxygen atoms in total. The molecule has 3 atom stereocenters. The fraction of sp³-hybridized carbons (Fsp3) is 0.500. The number of hydrogen-bond donors (Lipinski definition) is 1. The molecule has 1 aliphatic carbocycles. The molecule has 2 aromatic heterocycles. The van der Waals surface area contributed by atoms with E-state index in [1.807, 2.05) is 36.8 Å². The second-order valence-electron chi connectivity index (χ2n) is 12.4. The van der Waals surface area contributed by atoms with Gasteiger partial charge in [0, 0.05) is 18.3 Å². The van der Waals surface area contributed by atoms with Crippen molar-refractivity contribution in [3.05, 3.63) is 58.8 Å². The van der Waals surface area contributed by atoms with Gasteiger partial charge in [0.25, 0.3) is 6.43 Å². The number of nitrogens with two attached hydrogens (primary N) is 1. The van der Waals surface area contributed by atoms with E-state index < -0.39 is 47.5 Å². The van der Waals surface area contributed by atoms with Crippen LogP contribution in [-0.4, -0.2) is 62.3 Å². The van der Waals surface area contributed by atoms with Crippen molar-refractivity contribution in [3.8, 4) is 5.75 Å². The summed E-state index contributed by atoms with van der Waals surface area (Å²) >= 11 is 0. The standard InChI is InChI=1S/C30H34F3N5O5/c1-29(2,3)43-28(39)37-8-6-16-19(12-37)21(11-18(22(16)31)25(32)33)40-13-15-10-20(24-23(15)41-30(4,5)42-24)38-9-7-17-26(34)35-14-36-27(17)38/h7,9-11,14,20,23-25H,6,8,12-13H2,1-5H3,(H2,34,35,36)/t20-,23-,24+/m1/s1. The summed E-state index contributed by atoms with van der Waals surface area (Å²) in [5.41, 5.74) is 6.36. The largest absolute Gasteiger partial charge is 0.489 e. The number of carbonyl (C=O) groups is 1. The van der Waals surface area contributed by atoms with Crippen molar-refractivity contribution in [3.63, 3.8) is 0 Å². The van der Waals surface area contributed by atoms with Crippen molar-refractivity contribution in [2.24, 2.45) is 0 Å². The van der Waals surface area contributed by atoms with E-state index in [2.05, 4.69) is 9.97 Å². The van der Waals surface area contributed by atoms with Gasteiger partial charge < -0.3 is 34.1 Å². The molecular weight excluding hydrogens is 567 g/mol. The number of carbonyl (C=O) groups excluding carboxylic acids is 1. The van der Waals surface area contributed by atoms with E-state index in [1.165, 1.54) is 11.2 Å². The summed E-state index contributed by atoms with van der Waals surface area (Å²) in [5.74, 6) is -1.44. The number of amides is 1. The molecule has 1 aromatic carbocycles. The van der Waals surface area contributed by atoms with E-state index >= 15 is 4.39 Å². The van der Waals surface area contributed by atoms with Crippen LogP contribution in [0.2, 0.25) is 0 Å². The Kier molecular flexibility index (Phi) is 7.08. The number of nitrogen functional groups attached to an aromatic ring is 1. The normalized spacial score (nSPS) is 23.0. The SMILES string of the molecule is CC(C)(C)OC(=O)N1CCc2c(F)c(C(F)F)cc(OCC3=C[C@@H](n4ccc5c(N)ncnc54)[C@@H]4OC(C)(C)O[C@H]34)c2C1. The molecule has 1 fully saturated rings. The van der Waals surface area contributed by atoms with Crippen molar-refractivity contribution >= 4 is 22.9 Å². The highest BCUT2D eigenvalue weighted by molar-refractivity contribution is 5.86. The highest BCUT2D eigenvalue weighted by atomic mass is 19.3. The molecule has 43 heavy (non-hydrogen) atoms. The summed E-state index contributed by atoms with van der Waals surface area (Å²) in [6.45, 7) is 8.90. The minimum Gasteiger partial charge on any atom is -0.489 e. The molecule has 230 valence electrons. The summed E-state index contributed by atoms with van der Waals surface area (Å²) in [6.07, 6.45) is 0.686. The number of benzene rings is 1. The molecule has 3 aliphatic rings. The van der Waals surface area contributed by atoms with Crippen LogP contribution in [0.5, 0.6) is 5.75 Å². The summed E-state index contributed by atoms with van der Waals surface area (Å²) in [6, 6.07) is 2.52. The Morgan fingerprint density at radius 1 is 1.23 bits per heavy atom. The Bertz CT molecular complexity index is 1620. The van der Waals surface area contributed by atoms with E-state index in [-0.39, 0.29) is 43.5 Å². The van der Waals surface area contributed by atoms with Gasteiger partial charge in [-0.05, 0) is 64.3 Å². The van der Waals surface area contributed by atoms with Crippen LogP contribution < -0.4 is 10.5 Å². The molecule has 13 heteroatoms. The Labute approximate surface area is 246 Å². The summed E-state index contributed by atoms with van der Waals surface area (Å²) < 4.78 is 69.1. The van der Waals surface area contributed by atoms with Gasteiger partial charge in [-0.15, -0.1) is 0 Å². The van der Waals surface area contributed by atoms with Gasteiger partial charge in [-0.1, -0.05) is 6.08 Å². The number of hydrogen-bond acceptors (Lipinski definition) is 8. The predicted octanol–water partition coefficient (Wildman–Crippen LogP) is 5.46. The van der Waals surface area contributed by atoms with E-state index in [0.29, 0.717) is 22.4 Å². The van der Waals surface area contributed by atoms with Gasteiger partial charge in [0.1, 0.15) is 53.8 Å². The number of aromatic nitrogens is 3. The third-order valence-electron chi connectivity index (χ3n) is 7.81. The van der Waals surface area contributed by atoms with E-state index in [0.717, 1.165) is 11.6 Å². The highest BCUT2D eigenvalue weighted by Crippen LogP contribution is 2.45. The number of halogens is 3. The fourth-order valence-corrected chi connectivity index (χ4v) is 5.96. The van der Waals surface area contributed by atoms with Gasteiger partial charge in [0.2, 0.25) is 0 Å². The van der Waals surface area contributed by atoms with Crippen LogP contribution in [0.15, 0.2) is 36.3 Å². The molecule has 3 aromatic rings. The van der Waals surface area contributed by atoms with Crippen LogP contribution >= 0.6 is 0 Å². The average Bonchev–Trinajstić information content (AvgIpc) is 3.58. The van der Waals surface area contributed by atoms with E-state index in [9.17, 15) is 13.6 Å². The molecule has 4 heterocycles. The molecule has 0 saturated carbocycles. The zero-order valence-electron chi connectivity index (χ0n) is 24.6. The number of fused-ring (bicyclic) bond motifs is 3. The molecule has 0 unspecified atom stereocenters. The first-order chi connectivity index (χ1) is 20.2. The van der Waals surface area contributed by atoms with Crippen LogP contribution in [-0.2, 0) is 27.2 Å². The van der Waals surface area contributed by atoms with Gasteiger partial charge in [0.15, 0.2) is 5.79 Å². The van der Waals surface area contributed by atoms with Gasteiger partial charge in [0.05, 0.1) is 23.5 Å². The topological polar surface area (TPSA) is 114 Å². The quantitative estimate of drug-likeness (QED) is 0.384. The number of ether oxygens (including phenoxy) is 4. The molecule has 1 amide bonds. The van der Waals surface area contributed by atoms with Gasteiger partial charge in [-0.25, -0.2) is 27.9 Å². The predicted molar refractivity (Wildman–Crippen MR) is 150 cm³/mol. The summed E-state index contributed by atoms with van der Waals surface area (Å²) in [7, 11) is 0. The summed E-state index contributed by atoms with van der Waals surface area (Å²) in [4.78, 5) is 22.7. The maximum atomic E-state index is 15.2. The van der Waals surface area contributed by atoms with Crippen LogP contribution in [0.3, 0.4) is 0 Å². The van der Waals surface area contributed by atoms with E-state index in [4.69, 9.17) is 24.7 Å². The van der Waals surface area contributed by atoms with E-state index in [1.54, 1.807) is 20.8 Å². The molecule has 2 N–H and O–H groups in total. The first kappa shape index (κ1) is 29.2. The third kappa shape index (κ3) is 5.40. The second-order valence-corrected chi connectivity index (χ2v) is 12.4. The molecule has 0 bridgehead atoms. The zero-order valence-corrected chi connectivity index (χ0v) is 24.6. The number of rotatable bonds is 5. The molecule has 0 radical (unpaired) electrons. The van der Waals surface area contributed by atoms with Crippen molar-refractivity contribution in [2.75, 3.05) is 18.9 Å². The molecular formula is C30H34F3N5O5. The maximum Gasteiger partial charge on any atom is 0.410 e. The molecule has 2 aliphatic heterocycles. The molecule has 1 saturated heterocycles. The number of anilines is 1. The maximum absolute atomic E-state index is 15.2. The fourth-order valence-electron chi connectivity index (χ4n) is 5.96. The average molecular weight is 602 g/mol. The van der Waals surface area contributed by atoms with Crippen molar-refractivity contribution in [2.45, 2.75) is 83.6 Å². The smallest absolute Gasteiger partial charge is 0.410 e. The van der Waals surface area contributed by atoms with Crippen LogP contribution in [0.4, 0.5) is 23.8 Å². The van der Waals surface area contributed by atoms with Crippen molar-refractivity contribution < 1.29 is 36.9 Å². The Balaban J connectivity index is 1.32. The lowest BCUT2D eigenvalue weighted by Crippen LogP contribution is -2.40. The molecule has 0 spiro atoms. The minimum absolute atomic E-state index is 0.0411. The van der Waals surface area contributed by atoms with Gasteiger partial charge in [-0.2, -0.15) is 0 Å². The van der Waals surface area contributed by atoms with Crippen LogP contribution in [0.25, 0.3) is 11.0 Å². The van der Waals surface area contributed by atoms with Crippen LogP contribution in [0, 0.1) is 5.82 Å². The zero-order chi connectivity index (χ0) is 30.8. The Morgan fingerprint density at radius 2 is 2.00 bits per heavy atom. The second kappa shape index (κ2) is 10.4.